The number of benzene rings is 1. The molecule has 0 aromatic heterocycles. The highest BCUT2D eigenvalue weighted by Gasteiger charge is 2.25. The molecule has 1 aromatic rings. The quantitative estimate of drug-likeness (QED) is 0.845. The fourth-order valence-corrected chi connectivity index (χ4v) is 3.78. The Morgan fingerprint density at radius 3 is 2.37 bits per heavy atom. The van der Waals surface area contributed by atoms with Gasteiger partial charge in [0, 0.05) is 19.6 Å². The van der Waals surface area contributed by atoms with Gasteiger partial charge in [-0.15, -0.1) is 0 Å². The van der Waals surface area contributed by atoms with E-state index in [-0.39, 0.29) is 0 Å². The Balaban J connectivity index is 2.20. The number of sulfonamides is 1. The molecular formula is C14H22N2O2S. The summed E-state index contributed by atoms with van der Waals surface area (Å²) in [5.41, 5.74) is 1.16. The van der Waals surface area contributed by atoms with Crippen molar-refractivity contribution >= 4 is 10.0 Å². The average Bonchev–Trinajstić information content (AvgIpc) is 2.64. The van der Waals surface area contributed by atoms with Crippen molar-refractivity contribution in [3.05, 3.63) is 29.8 Å². The van der Waals surface area contributed by atoms with Gasteiger partial charge in [0.1, 0.15) is 0 Å². The van der Waals surface area contributed by atoms with Crippen LogP contribution in [0.3, 0.4) is 0 Å². The SMILES string of the molecule is CCc1ccc(S(=O)(=O)N2CCCN(C)CC2)cc1. The molecule has 1 heterocycles. The van der Waals surface area contributed by atoms with Gasteiger partial charge in [-0.1, -0.05) is 19.1 Å². The molecule has 0 radical (unpaired) electrons. The summed E-state index contributed by atoms with van der Waals surface area (Å²) < 4.78 is 26.7. The molecule has 0 aliphatic carbocycles. The molecule has 1 saturated heterocycles. The zero-order valence-corrected chi connectivity index (χ0v) is 12.5. The first-order valence-electron chi connectivity index (χ1n) is 6.81. The largest absolute Gasteiger partial charge is 0.305 e. The summed E-state index contributed by atoms with van der Waals surface area (Å²) in [6.45, 7) is 5.01. The predicted molar refractivity (Wildman–Crippen MR) is 76.7 cm³/mol. The highest BCUT2D eigenvalue weighted by molar-refractivity contribution is 7.89. The van der Waals surface area contributed by atoms with Gasteiger partial charge in [-0.3, -0.25) is 0 Å². The maximum absolute atomic E-state index is 12.6. The minimum absolute atomic E-state index is 0.411. The lowest BCUT2D eigenvalue weighted by molar-refractivity contribution is 0.347. The van der Waals surface area contributed by atoms with E-state index in [2.05, 4.69) is 11.8 Å². The summed E-state index contributed by atoms with van der Waals surface area (Å²) in [6.07, 6.45) is 1.82. The number of hydrogen-bond acceptors (Lipinski definition) is 3. The van der Waals surface area contributed by atoms with Gasteiger partial charge in [0.05, 0.1) is 4.90 Å². The molecule has 0 bridgehead atoms. The van der Waals surface area contributed by atoms with Crippen molar-refractivity contribution in [2.75, 3.05) is 33.2 Å². The van der Waals surface area contributed by atoms with E-state index in [0.717, 1.165) is 31.5 Å². The van der Waals surface area contributed by atoms with Crippen LogP contribution in [0, 0.1) is 0 Å². The number of hydrogen-bond donors (Lipinski definition) is 0. The van der Waals surface area contributed by atoms with Gasteiger partial charge >= 0.3 is 0 Å². The van der Waals surface area contributed by atoms with E-state index in [1.54, 1.807) is 16.4 Å². The molecule has 4 nitrogen and oxygen atoms in total. The summed E-state index contributed by atoms with van der Waals surface area (Å²) in [5.74, 6) is 0. The predicted octanol–water partition coefficient (Wildman–Crippen LogP) is 1.58. The van der Waals surface area contributed by atoms with Crippen LogP contribution < -0.4 is 0 Å². The Labute approximate surface area is 116 Å². The van der Waals surface area contributed by atoms with Gasteiger partial charge in [0.2, 0.25) is 10.0 Å². The van der Waals surface area contributed by atoms with Crippen LogP contribution in [0.15, 0.2) is 29.2 Å². The Kier molecular flexibility index (Phi) is 4.60. The van der Waals surface area contributed by atoms with Gasteiger partial charge in [-0.05, 0) is 44.1 Å². The van der Waals surface area contributed by atoms with Crippen molar-refractivity contribution in [2.45, 2.75) is 24.7 Å². The average molecular weight is 282 g/mol. The van der Waals surface area contributed by atoms with Crippen LogP contribution in [-0.2, 0) is 16.4 Å². The van der Waals surface area contributed by atoms with Crippen LogP contribution in [0.25, 0.3) is 0 Å². The van der Waals surface area contributed by atoms with Gasteiger partial charge < -0.3 is 4.90 Å². The molecule has 106 valence electrons. The fraction of sp³-hybridized carbons (Fsp3) is 0.571. The Morgan fingerprint density at radius 2 is 1.74 bits per heavy atom. The number of likely N-dealkylation sites (N-methyl/N-ethyl adjacent to an activating group) is 1. The van der Waals surface area contributed by atoms with E-state index in [0.29, 0.717) is 18.0 Å². The van der Waals surface area contributed by atoms with Crippen molar-refractivity contribution in [3.63, 3.8) is 0 Å². The summed E-state index contributed by atoms with van der Waals surface area (Å²) in [6, 6.07) is 7.25. The smallest absolute Gasteiger partial charge is 0.243 e. The topological polar surface area (TPSA) is 40.6 Å². The van der Waals surface area contributed by atoms with Crippen LogP contribution in [0.2, 0.25) is 0 Å². The highest BCUT2D eigenvalue weighted by atomic mass is 32.2. The summed E-state index contributed by atoms with van der Waals surface area (Å²) in [7, 11) is -1.29. The summed E-state index contributed by atoms with van der Waals surface area (Å²) in [4.78, 5) is 2.59. The fourth-order valence-electron chi connectivity index (χ4n) is 2.31. The number of rotatable bonds is 3. The molecule has 0 spiro atoms. The number of nitrogens with zero attached hydrogens (tertiary/aromatic N) is 2. The molecule has 0 N–H and O–H groups in total. The first-order valence-corrected chi connectivity index (χ1v) is 8.25. The third kappa shape index (κ3) is 3.35. The van der Waals surface area contributed by atoms with Crippen molar-refractivity contribution < 1.29 is 8.42 Å². The van der Waals surface area contributed by atoms with Crippen molar-refractivity contribution in [1.29, 1.82) is 0 Å². The molecule has 0 amide bonds. The normalized spacial score (nSPS) is 19.3. The highest BCUT2D eigenvalue weighted by Crippen LogP contribution is 2.18. The Bertz CT molecular complexity index is 511. The second-order valence-electron chi connectivity index (χ2n) is 5.06. The van der Waals surface area contributed by atoms with E-state index < -0.39 is 10.0 Å². The Morgan fingerprint density at radius 1 is 1.05 bits per heavy atom. The van der Waals surface area contributed by atoms with E-state index >= 15 is 0 Å². The molecule has 0 atom stereocenters. The zero-order valence-electron chi connectivity index (χ0n) is 11.7. The molecule has 1 aliphatic heterocycles. The van der Waals surface area contributed by atoms with Crippen molar-refractivity contribution in [2.24, 2.45) is 0 Å². The molecule has 19 heavy (non-hydrogen) atoms. The standard InChI is InChI=1S/C14H22N2O2S/c1-3-13-5-7-14(8-6-13)19(17,18)16-10-4-9-15(2)11-12-16/h5-8H,3-4,9-12H2,1-2H3. The monoisotopic (exact) mass is 282 g/mol. The molecule has 1 aromatic carbocycles. The molecule has 0 saturated carbocycles. The first kappa shape index (κ1) is 14.5. The number of aryl methyl sites for hydroxylation is 1. The van der Waals surface area contributed by atoms with E-state index in [9.17, 15) is 8.42 Å². The third-order valence-corrected chi connectivity index (χ3v) is 5.56. The van der Waals surface area contributed by atoms with Gasteiger partial charge in [0.25, 0.3) is 0 Å². The molecule has 0 unspecified atom stereocenters. The zero-order chi connectivity index (χ0) is 13.9. The van der Waals surface area contributed by atoms with Crippen LogP contribution in [0.4, 0.5) is 0 Å². The van der Waals surface area contributed by atoms with Crippen molar-refractivity contribution in [3.8, 4) is 0 Å². The van der Waals surface area contributed by atoms with Crippen molar-refractivity contribution in [1.82, 2.24) is 9.21 Å². The van der Waals surface area contributed by atoms with Crippen LogP contribution in [0.5, 0.6) is 0 Å². The molecule has 1 aliphatic rings. The van der Waals surface area contributed by atoms with E-state index in [4.69, 9.17) is 0 Å². The Hall–Kier alpha value is -0.910. The van der Waals surface area contributed by atoms with Crippen LogP contribution in [-0.4, -0.2) is 50.8 Å². The summed E-state index contributed by atoms with van der Waals surface area (Å²) >= 11 is 0. The van der Waals surface area contributed by atoms with Crippen LogP contribution >= 0.6 is 0 Å². The molecular weight excluding hydrogens is 260 g/mol. The lowest BCUT2D eigenvalue weighted by Crippen LogP contribution is -2.34. The second kappa shape index (κ2) is 6.03. The minimum Gasteiger partial charge on any atom is -0.305 e. The first-order chi connectivity index (χ1) is 9.04. The van der Waals surface area contributed by atoms with Crippen LogP contribution in [0.1, 0.15) is 18.9 Å². The lowest BCUT2D eigenvalue weighted by atomic mass is 10.2. The molecule has 5 heteroatoms. The van der Waals surface area contributed by atoms with Gasteiger partial charge in [-0.2, -0.15) is 4.31 Å². The minimum atomic E-state index is -3.33. The second-order valence-corrected chi connectivity index (χ2v) is 7.00. The lowest BCUT2D eigenvalue weighted by Gasteiger charge is -2.20. The molecule has 2 rings (SSSR count). The maximum Gasteiger partial charge on any atom is 0.243 e. The van der Waals surface area contributed by atoms with E-state index in [1.165, 1.54) is 0 Å². The summed E-state index contributed by atoms with van der Waals surface area (Å²) in [5, 5.41) is 0. The third-order valence-electron chi connectivity index (χ3n) is 3.65. The molecule has 1 fully saturated rings. The van der Waals surface area contributed by atoms with Gasteiger partial charge in [-0.25, -0.2) is 8.42 Å². The maximum atomic E-state index is 12.6. The van der Waals surface area contributed by atoms with E-state index in [1.807, 2.05) is 19.2 Å². The van der Waals surface area contributed by atoms with Gasteiger partial charge in [0.15, 0.2) is 0 Å².